The molecule has 3 heteroatoms. The summed E-state index contributed by atoms with van der Waals surface area (Å²) in [7, 11) is 0. The van der Waals surface area contributed by atoms with Crippen LogP contribution in [0.2, 0.25) is 0 Å². The van der Waals surface area contributed by atoms with Gasteiger partial charge in [0.2, 0.25) is 0 Å². The third-order valence-electron chi connectivity index (χ3n) is 9.82. The van der Waals surface area contributed by atoms with E-state index in [2.05, 4.69) is 178 Å². The van der Waals surface area contributed by atoms with E-state index in [-0.39, 0.29) is 0 Å². The monoisotopic (exact) mass is 611 g/mol. The molecule has 0 aliphatic heterocycles. The van der Waals surface area contributed by atoms with E-state index in [0.29, 0.717) is 0 Å². The molecule has 224 valence electrons. The van der Waals surface area contributed by atoms with E-state index in [9.17, 15) is 0 Å². The van der Waals surface area contributed by atoms with Gasteiger partial charge in [-0.25, -0.2) is 0 Å². The van der Waals surface area contributed by atoms with Crippen LogP contribution in [0.5, 0.6) is 0 Å². The Morgan fingerprint density at radius 1 is 0.417 bits per heavy atom. The zero-order valence-corrected chi connectivity index (χ0v) is 26.1. The Labute approximate surface area is 277 Å². The molecule has 0 bridgehead atoms. The van der Waals surface area contributed by atoms with E-state index in [1.165, 1.54) is 65.6 Å². The topological polar surface area (TPSA) is 22.8 Å². The third-order valence-corrected chi connectivity index (χ3v) is 9.82. The van der Waals surface area contributed by atoms with E-state index >= 15 is 0 Å². The quantitative estimate of drug-likeness (QED) is 0.194. The van der Waals surface area contributed by atoms with Crippen LogP contribution in [-0.4, -0.2) is 14.1 Å². The van der Waals surface area contributed by atoms with Crippen molar-refractivity contribution < 1.29 is 0 Å². The molecule has 0 amide bonds. The number of para-hydroxylation sites is 2. The Morgan fingerprint density at radius 2 is 1.10 bits per heavy atom. The van der Waals surface area contributed by atoms with Crippen molar-refractivity contribution in [3.63, 3.8) is 0 Å². The normalized spacial score (nSPS) is 11.8. The van der Waals surface area contributed by atoms with Crippen molar-refractivity contribution in [2.45, 2.75) is 0 Å². The lowest BCUT2D eigenvalue weighted by molar-refractivity contribution is 1.13. The zero-order valence-electron chi connectivity index (χ0n) is 26.1. The molecule has 3 nitrogen and oxygen atoms in total. The number of hydrogen-bond donors (Lipinski definition) is 0. The Bertz CT molecular complexity index is 2800. The van der Waals surface area contributed by atoms with Crippen LogP contribution in [0.1, 0.15) is 0 Å². The fourth-order valence-corrected chi connectivity index (χ4v) is 7.59. The molecule has 0 saturated heterocycles. The van der Waals surface area contributed by atoms with Crippen LogP contribution in [-0.2, 0) is 0 Å². The molecule has 0 aliphatic carbocycles. The van der Waals surface area contributed by atoms with Gasteiger partial charge in [0.05, 0.1) is 16.6 Å². The van der Waals surface area contributed by atoms with Gasteiger partial charge >= 0.3 is 0 Å². The van der Waals surface area contributed by atoms with Crippen LogP contribution in [0.3, 0.4) is 0 Å². The molecule has 3 heterocycles. The number of rotatable bonds is 4. The molecule has 7 aromatic carbocycles. The molecule has 0 radical (unpaired) electrons. The highest BCUT2D eigenvalue weighted by Crippen LogP contribution is 2.41. The van der Waals surface area contributed by atoms with Crippen LogP contribution in [0.15, 0.2) is 176 Å². The van der Waals surface area contributed by atoms with Crippen molar-refractivity contribution in [1.82, 2.24) is 14.1 Å². The summed E-state index contributed by atoms with van der Waals surface area (Å²) in [5.41, 5.74) is 10.7. The zero-order chi connectivity index (χ0) is 31.6. The minimum absolute atomic E-state index is 1.15. The number of aromatic nitrogens is 3. The molecular formula is C45H29N3. The van der Waals surface area contributed by atoms with Crippen molar-refractivity contribution in [1.29, 1.82) is 0 Å². The van der Waals surface area contributed by atoms with Gasteiger partial charge in [-0.3, -0.25) is 4.98 Å². The van der Waals surface area contributed by atoms with Crippen molar-refractivity contribution in [3.05, 3.63) is 176 Å². The van der Waals surface area contributed by atoms with Crippen molar-refractivity contribution >= 4 is 54.3 Å². The van der Waals surface area contributed by atoms with Gasteiger partial charge < -0.3 is 9.13 Å². The highest BCUT2D eigenvalue weighted by molar-refractivity contribution is 6.25. The van der Waals surface area contributed by atoms with Crippen LogP contribution >= 0.6 is 0 Å². The molecule has 0 N–H and O–H groups in total. The number of fused-ring (bicyclic) bond motifs is 8. The highest BCUT2D eigenvalue weighted by Gasteiger charge is 2.18. The lowest BCUT2D eigenvalue weighted by Gasteiger charge is -2.10. The molecule has 0 atom stereocenters. The summed E-state index contributed by atoms with van der Waals surface area (Å²) in [6, 6.07) is 57.0. The summed E-state index contributed by atoms with van der Waals surface area (Å²) in [5.74, 6) is 0. The first-order valence-electron chi connectivity index (χ1n) is 16.4. The summed E-state index contributed by atoms with van der Waals surface area (Å²) in [4.78, 5) is 4.52. The SMILES string of the molecule is c1ccc(-n2ccc3ccc4c(ccc5c4c4cc(-c6ccc(-c7cncc8ccccc78)cc6)ccc4n5-c4ccccc4)c32)cc1. The summed E-state index contributed by atoms with van der Waals surface area (Å²) < 4.78 is 4.73. The van der Waals surface area contributed by atoms with Gasteiger partial charge in [-0.15, -0.1) is 0 Å². The second-order valence-electron chi connectivity index (χ2n) is 12.5. The third kappa shape index (κ3) is 4.04. The average Bonchev–Trinajstić information content (AvgIpc) is 3.75. The minimum atomic E-state index is 1.15. The van der Waals surface area contributed by atoms with Crippen molar-refractivity contribution in [2.75, 3.05) is 0 Å². The van der Waals surface area contributed by atoms with Gasteiger partial charge in [0, 0.05) is 62.5 Å². The molecule has 0 spiro atoms. The molecule has 10 rings (SSSR count). The first-order valence-corrected chi connectivity index (χ1v) is 16.4. The maximum atomic E-state index is 4.52. The average molecular weight is 612 g/mol. The smallest absolute Gasteiger partial charge is 0.0607 e. The van der Waals surface area contributed by atoms with Crippen LogP contribution in [0.4, 0.5) is 0 Å². The second-order valence-corrected chi connectivity index (χ2v) is 12.5. The lowest BCUT2D eigenvalue weighted by Crippen LogP contribution is -1.94. The Kier molecular flexibility index (Phi) is 5.87. The molecule has 48 heavy (non-hydrogen) atoms. The van der Waals surface area contributed by atoms with Crippen LogP contribution < -0.4 is 0 Å². The highest BCUT2D eigenvalue weighted by atomic mass is 15.0. The van der Waals surface area contributed by atoms with Gasteiger partial charge in [-0.1, -0.05) is 109 Å². The summed E-state index contributed by atoms with van der Waals surface area (Å²) in [6.07, 6.45) is 6.09. The first kappa shape index (κ1) is 26.7. The molecule has 3 aromatic heterocycles. The van der Waals surface area contributed by atoms with Gasteiger partial charge in [0.1, 0.15) is 0 Å². The number of benzene rings is 7. The van der Waals surface area contributed by atoms with Gasteiger partial charge in [0.15, 0.2) is 0 Å². The Balaban J connectivity index is 1.20. The van der Waals surface area contributed by atoms with Crippen molar-refractivity contribution in [2.24, 2.45) is 0 Å². The molecule has 10 aromatic rings. The van der Waals surface area contributed by atoms with E-state index in [1.807, 2.05) is 12.4 Å². The van der Waals surface area contributed by atoms with Crippen molar-refractivity contribution in [3.8, 4) is 33.6 Å². The van der Waals surface area contributed by atoms with Gasteiger partial charge in [-0.2, -0.15) is 0 Å². The largest absolute Gasteiger partial charge is 0.316 e. The van der Waals surface area contributed by atoms with Gasteiger partial charge in [0.25, 0.3) is 0 Å². The molecule has 0 unspecified atom stereocenters. The maximum absolute atomic E-state index is 4.52. The summed E-state index contributed by atoms with van der Waals surface area (Å²) >= 11 is 0. The maximum Gasteiger partial charge on any atom is 0.0607 e. The minimum Gasteiger partial charge on any atom is -0.316 e. The molecule has 0 fully saturated rings. The predicted octanol–water partition coefficient (Wildman–Crippen LogP) is 11.8. The number of hydrogen-bond acceptors (Lipinski definition) is 1. The Morgan fingerprint density at radius 3 is 1.94 bits per heavy atom. The van der Waals surface area contributed by atoms with E-state index in [4.69, 9.17) is 0 Å². The standard InChI is InChI=1S/C45H29N3/c1-3-10-35(11-4-1)47-26-25-32-19-21-38-39(45(32)47)22-24-43-44(38)40-27-33(20-23-42(40)48(43)36-12-5-2-6-13-36)30-15-17-31(18-16-30)41-29-46-28-34-9-7-8-14-37(34)41/h1-29H. The second kappa shape index (κ2) is 10.5. The summed E-state index contributed by atoms with van der Waals surface area (Å²) in [5, 5.41) is 8.63. The Hall–Kier alpha value is -6.45. The number of nitrogens with zero attached hydrogens (tertiary/aromatic N) is 3. The fraction of sp³-hybridized carbons (Fsp3) is 0. The lowest BCUT2D eigenvalue weighted by atomic mass is 9.96. The molecule has 0 aliphatic rings. The molecule has 0 saturated carbocycles. The van der Waals surface area contributed by atoms with Crippen LogP contribution in [0, 0.1) is 0 Å². The van der Waals surface area contributed by atoms with Gasteiger partial charge in [-0.05, 0) is 76.0 Å². The first-order chi connectivity index (χ1) is 23.8. The van der Waals surface area contributed by atoms with E-state index < -0.39 is 0 Å². The fourth-order valence-electron chi connectivity index (χ4n) is 7.59. The molecular weight excluding hydrogens is 583 g/mol. The number of pyridine rings is 1. The van der Waals surface area contributed by atoms with Crippen LogP contribution in [0.25, 0.3) is 87.9 Å². The van der Waals surface area contributed by atoms with E-state index in [0.717, 1.165) is 22.3 Å². The predicted molar refractivity (Wildman–Crippen MR) is 201 cm³/mol. The van der Waals surface area contributed by atoms with E-state index in [1.54, 1.807) is 0 Å². The summed E-state index contributed by atoms with van der Waals surface area (Å²) in [6.45, 7) is 0.